The minimum absolute atomic E-state index is 0.0743. The minimum atomic E-state index is -4.76. The first-order valence-corrected chi connectivity index (χ1v) is 12.7. The van der Waals surface area contributed by atoms with Gasteiger partial charge in [0.1, 0.15) is 11.6 Å². The molecule has 2 atom stereocenters. The van der Waals surface area contributed by atoms with E-state index in [1.807, 2.05) is 4.90 Å². The second-order valence-corrected chi connectivity index (χ2v) is 10.0. The molecular formula is C26H26F6N6O2. The van der Waals surface area contributed by atoms with Gasteiger partial charge in [-0.3, -0.25) is 9.69 Å². The molecule has 2 saturated heterocycles. The van der Waals surface area contributed by atoms with Gasteiger partial charge in [0.2, 0.25) is 5.82 Å². The lowest BCUT2D eigenvalue weighted by Crippen LogP contribution is -2.45. The minimum Gasteiger partial charge on any atom is -0.391 e. The highest BCUT2D eigenvalue weighted by molar-refractivity contribution is 6.06. The number of aliphatic hydroxyl groups is 1. The second kappa shape index (κ2) is 10.8. The number of piperidine rings is 1. The Morgan fingerprint density at radius 3 is 2.42 bits per heavy atom. The molecule has 1 unspecified atom stereocenters. The summed E-state index contributed by atoms with van der Waals surface area (Å²) < 4.78 is 81.4. The first-order chi connectivity index (χ1) is 18.9. The van der Waals surface area contributed by atoms with Crippen LogP contribution in [0.4, 0.5) is 32.2 Å². The summed E-state index contributed by atoms with van der Waals surface area (Å²) in [6, 6.07) is 4.92. The molecule has 2 fully saturated rings. The summed E-state index contributed by atoms with van der Waals surface area (Å²) in [5.41, 5.74) is 0.276. The lowest BCUT2D eigenvalue weighted by atomic mass is 10.0. The van der Waals surface area contributed by atoms with Gasteiger partial charge >= 0.3 is 6.18 Å². The van der Waals surface area contributed by atoms with Gasteiger partial charge in [0.05, 0.1) is 23.2 Å². The Kier molecular flexibility index (Phi) is 7.57. The molecule has 2 aliphatic heterocycles. The quantitative estimate of drug-likeness (QED) is 0.435. The second-order valence-electron chi connectivity index (χ2n) is 10.0. The van der Waals surface area contributed by atoms with E-state index in [2.05, 4.69) is 20.3 Å². The van der Waals surface area contributed by atoms with Crippen LogP contribution < -0.4 is 10.2 Å². The van der Waals surface area contributed by atoms with E-state index in [1.165, 1.54) is 6.07 Å². The summed E-state index contributed by atoms with van der Waals surface area (Å²) in [6.45, 7) is 0.645. The zero-order valence-corrected chi connectivity index (χ0v) is 21.1. The molecule has 0 spiro atoms. The predicted octanol–water partition coefficient (Wildman–Crippen LogP) is 3.96. The first-order valence-electron chi connectivity index (χ1n) is 12.7. The number of rotatable bonds is 6. The van der Waals surface area contributed by atoms with Crippen molar-refractivity contribution < 1.29 is 36.2 Å². The number of β-amino-alcohol motifs (C(OH)–C–C–N with tert-alkyl or cyclic N) is 1. The number of carbonyl (C=O) groups is 1. The van der Waals surface area contributed by atoms with Crippen molar-refractivity contribution in [2.45, 2.75) is 43.5 Å². The largest absolute Gasteiger partial charge is 0.451 e. The third-order valence-corrected chi connectivity index (χ3v) is 7.26. The number of likely N-dealkylation sites (tertiary alicyclic amines) is 1. The number of nitrogens with one attached hydrogen (secondary N) is 1. The maximum absolute atomic E-state index is 14.9. The molecule has 14 heteroatoms. The van der Waals surface area contributed by atoms with Crippen molar-refractivity contribution in [3.8, 4) is 0 Å². The average Bonchev–Trinajstić information content (AvgIpc) is 3.35. The maximum Gasteiger partial charge on any atom is 0.451 e. The zero-order valence-electron chi connectivity index (χ0n) is 21.1. The highest BCUT2D eigenvalue weighted by atomic mass is 19.4. The number of anilines is 1. The number of carbonyl (C=O) groups excluding carboxylic acids is 1. The standard InChI is InChI=1S/C26H26F6N6O2/c27-18-2-3-19-17(1-4-21(36-19)38-8-5-16(39)14-38)22(18)23(40)33-13-20(37-9-6-25(28,29)7-10-37)15-11-34-24(35-12-15)26(30,31)32/h1-4,11-12,16,20,39H,5-10,13-14H2,(H,33,40)/t16-,20?/m1/s1. The molecule has 214 valence electrons. The summed E-state index contributed by atoms with van der Waals surface area (Å²) in [5.74, 6) is -5.24. The Balaban J connectivity index is 1.38. The molecule has 0 radical (unpaired) electrons. The lowest BCUT2D eigenvalue weighted by molar-refractivity contribution is -0.145. The first kappa shape index (κ1) is 28.0. The molecule has 0 saturated carbocycles. The number of amides is 1. The van der Waals surface area contributed by atoms with Crippen molar-refractivity contribution in [3.05, 3.63) is 59.4 Å². The Hall–Kier alpha value is -3.52. The molecule has 5 rings (SSSR count). The van der Waals surface area contributed by atoms with Gasteiger partial charge in [-0.1, -0.05) is 0 Å². The molecule has 1 aromatic carbocycles. The van der Waals surface area contributed by atoms with Crippen LogP contribution in [0.1, 0.15) is 47.1 Å². The van der Waals surface area contributed by atoms with Crippen LogP contribution in [0.15, 0.2) is 36.7 Å². The van der Waals surface area contributed by atoms with E-state index in [4.69, 9.17) is 0 Å². The Morgan fingerprint density at radius 1 is 1.10 bits per heavy atom. The normalized spacial score (nSPS) is 20.6. The number of pyridine rings is 1. The van der Waals surface area contributed by atoms with Gasteiger partial charge in [-0.05, 0) is 30.7 Å². The number of halogens is 6. The molecule has 2 aliphatic rings. The van der Waals surface area contributed by atoms with Crippen LogP contribution in [0.3, 0.4) is 0 Å². The number of alkyl halides is 5. The van der Waals surface area contributed by atoms with E-state index in [-0.39, 0.29) is 36.1 Å². The van der Waals surface area contributed by atoms with E-state index in [1.54, 1.807) is 17.0 Å². The Labute approximate surface area is 225 Å². The molecule has 40 heavy (non-hydrogen) atoms. The smallest absolute Gasteiger partial charge is 0.391 e. The van der Waals surface area contributed by atoms with Gasteiger partial charge in [-0.25, -0.2) is 28.1 Å². The van der Waals surface area contributed by atoms with Crippen LogP contribution in [-0.2, 0) is 6.18 Å². The summed E-state index contributed by atoms with van der Waals surface area (Å²) in [7, 11) is 0. The highest BCUT2D eigenvalue weighted by Gasteiger charge is 2.38. The van der Waals surface area contributed by atoms with Crippen molar-refractivity contribution in [3.63, 3.8) is 0 Å². The van der Waals surface area contributed by atoms with E-state index in [9.17, 15) is 36.2 Å². The number of benzene rings is 1. The molecule has 2 N–H and O–H groups in total. The molecule has 2 aromatic heterocycles. The number of nitrogens with zero attached hydrogens (tertiary/aromatic N) is 5. The summed E-state index contributed by atoms with van der Waals surface area (Å²) >= 11 is 0. The fourth-order valence-corrected chi connectivity index (χ4v) is 5.08. The zero-order chi connectivity index (χ0) is 28.7. The van der Waals surface area contributed by atoms with Crippen molar-refractivity contribution >= 4 is 22.6 Å². The Bertz CT molecular complexity index is 1380. The predicted molar refractivity (Wildman–Crippen MR) is 132 cm³/mol. The van der Waals surface area contributed by atoms with Crippen LogP contribution in [-0.4, -0.2) is 75.6 Å². The molecular weight excluding hydrogens is 542 g/mol. The number of aliphatic hydroxyl groups excluding tert-OH is 1. The average molecular weight is 569 g/mol. The van der Waals surface area contributed by atoms with Gasteiger partial charge in [-0.2, -0.15) is 13.2 Å². The van der Waals surface area contributed by atoms with Crippen LogP contribution in [0.5, 0.6) is 0 Å². The number of hydrogen-bond acceptors (Lipinski definition) is 7. The van der Waals surface area contributed by atoms with Gasteiger partial charge in [0.25, 0.3) is 11.8 Å². The lowest BCUT2D eigenvalue weighted by Gasteiger charge is -2.37. The van der Waals surface area contributed by atoms with Crippen LogP contribution in [0, 0.1) is 5.82 Å². The number of hydrogen-bond donors (Lipinski definition) is 2. The van der Waals surface area contributed by atoms with E-state index in [0.29, 0.717) is 30.8 Å². The summed E-state index contributed by atoms with van der Waals surface area (Å²) in [6.07, 6.45) is -3.64. The van der Waals surface area contributed by atoms with E-state index in [0.717, 1.165) is 18.5 Å². The van der Waals surface area contributed by atoms with Gasteiger partial charge in [0.15, 0.2) is 0 Å². The summed E-state index contributed by atoms with van der Waals surface area (Å²) in [4.78, 5) is 28.0. The molecule has 0 aliphatic carbocycles. The molecule has 0 bridgehead atoms. The highest BCUT2D eigenvalue weighted by Crippen LogP contribution is 2.33. The van der Waals surface area contributed by atoms with Crippen molar-refractivity contribution in [2.75, 3.05) is 37.6 Å². The third-order valence-electron chi connectivity index (χ3n) is 7.26. The topological polar surface area (TPSA) is 94.5 Å². The fourth-order valence-electron chi connectivity index (χ4n) is 5.08. The van der Waals surface area contributed by atoms with Gasteiger partial charge < -0.3 is 15.3 Å². The van der Waals surface area contributed by atoms with Gasteiger partial charge in [-0.15, -0.1) is 0 Å². The van der Waals surface area contributed by atoms with E-state index >= 15 is 0 Å². The summed E-state index contributed by atoms with van der Waals surface area (Å²) in [5, 5.41) is 12.7. The van der Waals surface area contributed by atoms with Crippen molar-refractivity contribution in [1.82, 2.24) is 25.2 Å². The number of fused-ring (bicyclic) bond motifs is 1. The van der Waals surface area contributed by atoms with Crippen molar-refractivity contribution in [2.24, 2.45) is 0 Å². The molecule has 4 heterocycles. The maximum atomic E-state index is 14.9. The molecule has 8 nitrogen and oxygen atoms in total. The molecule has 3 aromatic rings. The number of aromatic nitrogens is 3. The molecule has 1 amide bonds. The van der Waals surface area contributed by atoms with Crippen LogP contribution in [0.25, 0.3) is 10.9 Å². The Morgan fingerprint density at radius 2 is 1.80 bits per heavy atom. The van der Waals surface area contributed by atoms with Crippen molar-refractivity contribution in [1.29, 1.82) is 0 Å². The third kappa shape index (κ3) is 5.97. The fraction of sp³-hybridized carbons (Fsp3) is 0.462. The van der Waals surface area contributed by atoms with Gasteiger partial charge in [0, 0.05) is 68.9 Å². The van der Waals surface area contributed by atoms with Crippen LogP contribution in [0.2, 0.25) is 0 Å². The van der Waals surface area contributed by atoms with Crippen LogP contribution >= 0.6 is 0 Å². The monoisotopic (exact) mass is 568 g/mol. The SMILES string of the molecule is O=C(NCC(c1cnc(C(F)(F)F)nc1)N1CCC(F)(F)CC1)c1c(F)ccc2nc(N3CC[C@@H](O)C3)ccc12. The van der Waals surface area contributed by atoms with E-state index < -0.39 is 54.6 Å².